The molecule has 16 heavy (non-hydrogen) atoms. The first-order valence-corrected chi connectivity index (χ1v) is 5.17. The minimum atomic E-state index is -1.06. The minimum Gasteiger partial charge on any atom is -0.476 e. The molecule has 0 bridgehead atoms. The number of aromatic nitrogens is 2. The van der Waals surface area contributed by atoms with Gasteiger partial charge >= 0.3 is 5.97 Å². The monoisotopic (exact) mass is 223 g/mol. The fraction of sp³-hybridized carbons (Fsp3) is 0.545. The molecule has 0 unspecified atom stereocenters. The smallest absolute Gasteiger partial charge is 0.356 e. The van der Waals surface area contributed by atoms with Gasteiger partial charge in [-0.2, -0.15) is 0 Å². The van der Waals surface area contributed by atoms with Crippen molar-refractivity contribution in [2.45, 2.75) is 32.7 Å². The number of nitrogens with zero attached hydrogens (tertiary/aromatic N) is 3. The van der Waals surface area contributed by atoms with E-state index in [1.165, 1.54) is 12.4 Å². The zero-order valence-electron chi connectivity index (χ0n) is 10.1. The molecule has 0 aromatic carbocycles. The first kappa shape index (κ1) is 12.4. The summed E-state index contributed by atoms with van der Waals surface area (Å²) in [6, 6.07) is 0. The fourth-order valence-corrected chi connectivity index (χ4v) is 1.15. The second kappa shape index (κ2) is 4.47. The maximum atomic E-state index is 10.6. The molecular weight excluding hydrogens is 206 g/mol. The van der Waals surface area contributed by atoms with Gasteiger partial charge in [0.2, 0.25) is 0 Å². The van der Waals surface area contributed by atoms with Crippen molar-refractivity contribution in [2.24, 2.45) is 0 Å². The lowest BCUT2D eigenvalue weighted by Gasteiger charge is -2.35. The van der Waals surface area contributed by atoms with E-state index in [2.05, 4.69) is 30.7 Å². The maximum absolute atomic E-state index is 10.6. The molecule has 0 aliphatic rings. The van der Waals surface area contributed by atoms with Gasteiger partial charge in [-0.25, -0.2) is 14.8 Å². The predicted molar refractivity (Wildman–Crippen MR) is 61.8 cm³/mol. The number of rotatable bonds is 4. The molecule has 0 fully saturated rings. The van der Waals surface area contributed by atoms with Crippen LogP contribution in [0.3, 0.4) is 0 Å². The highest BCUT2D eigenvalue weighted by molar-refractivity contribution is 5.84. The Morgan fingerprint density at radius 2 is 2.06 bits per heavy atom. The molecule has 5 heteroatoms. The van der Waals surface area contributed by atoms with Crippen LogP contribution in [0.2, 0.25) is 0 Å². The van der Waals surface area contributed by atoms with Crippen molar-refractivity contribution >= 4 is 11.8 Å². The van der Waals surface area contributed by atoms with Crippen LogP contribution in [-0.4, -0.2) is 33.6 Å². The molecule has 0 spiro atoms. The number of carboxylic acids is 1. The Balaban J connectivity index is 2.94. The van der Waals surface area contributed by atoms with Crippen molar-refractivity contribution in [2.75, 3.05) is 11.9 Å². The summed E-state index contributed by atoms with van der Waals surface area (Å²) in [5.41, 5.74) is -0.0640. The summed E-state index contributed by atoms with van der Waals surface area (Å²) in [4.78, 5) is 20.6. The molecule has 0 saturated heterocycles. The SMILES string of the molecule is CCC(C)(C)N(C)c1cnc(C(=O)O)cn1. The van der Waals surface area contributed by atoms with Crippen LogP contribution in [-0.2, 0) is 0 Å². The first-order valence-electron chi connectivity index (χ1n) is 5.17. The fourth-order valence-electron chi connectivity index (χ4n) is 1.15. The molecule has 0 radical (unpaired) electrons. The molecule has 0 saturated carbocycles. The molecule has 5 nitrogen and oxygen atoms in total. The predicted octanol–water partition coefficient (Wildman–Crippen LogP) is 1.80. The number of aromatic carboxylic acids is 1. The van der Waals surface area contributed by atoms with E-state index in [9.17, 15) is 4.79 Å². The van der Waals surface area contributed by atoms with Crippen LogP contribution < -0.4 is 4.90 Å². The number of carboxylic acid groups (broad SMARTS) is 1. The van der Waals surface area contributed by atoms with Gasteiger partial charge in [0.1, 0.15) is 5.82 Å². The molecule has 1 aromatic rings. The van der Waals surface area contributed by atoms with Gasteiger partial charge in [-0.05, 0) is 20.3 Å². The van der Waals surface area contributed by atoms with E-state index >= 15 is 0 Å². The lowest BCUT2D eigenvalue weighted by atomic mass is 10.0. The van der Waals surface area contributed by atoms with Gasteiger partial charge in [-0.15, -0.1) is 0 Å². The summed E-state index contributed by atoms with van der Waals surface area (Å²) in [5.74, 6) is -0.381. The Bertz CT molecular complexity index is 373. The van der Waals surface area contributed by atoms with E-state index in [-0.39, 0.29) is 11.2 Å². The molecule has 0 aliphatic carbocycles. The molecule has 0 atom stereocenters. The molecule has 1 heterocycles. The highest BCUT2D eigenvalue weighted by Crippen LogP contribution is 2.21. The van der Waals surface area contributed by atoms with E-state index in [1.54, 1.807) is 0 Å². The molecular formula is C11H17N3O2. The highest BCUT2D eigenvalue weighted by atomic mass is 16.4. The van der Waals surface area contributed by atoms with Crippen molar-refractivity contribution in [3.05, 3.63) is 18.1 Å². The van der Waals surface area contributed by atoms with Gasteiger partial charge in [0.15, 0.2) is 5.69 Å². The molecule has 1 N–H and O–H groups in total. The second-order valence-corrected chi connectivity index (χ2v) is 4.29. The Labute approximate surface area is 95.1 Å². The van der Waals surface area contributed by atoms with E-state index in [4.69, 9.17) is 5.11 Å². The zero-order valence-corrected chi connectivity index (χ0v) is 10.1. The van der Waals surface area contributed by atoms with Crippen molar-refractivity contribution in [3.8, 4) is 0 Å². The van der Waals surface area contributed by atoms with E-state index in [0.717, 1.165) is 6.42 Å². The topological polar surface area (TPSA) is 66.3 Å². The van der Waals surface area contributed by atoms with E-state index in [1.807, 2.05) is 11.9 Å². The maximum Gasteiger partial charge on any atom is 0.356 e. The van der Waals surface area contributed by atoms with Gasteiger partial charge in [-0.3, -0.25) is 0 Å². The molecule has 1 aromatic heterocycles. The van der Waals surface area contributed by atoms with Crippen LogP contribution in [0.4, 0.5) is 5.82 Å². The molecule has 1 rings (SSSR count). The van der Waals surface area contributed by atoms with Crippen molar-refractivity contribution < 1.29 is 9.90 Å². The minimum absolute atomic E-state index is 0.0284. The van der Waals surface area contributed by atoms with Gasteiger partial charge in [0.05, 0.1) is 12.4 Å². The highest BCUT2D eigenvalue weighted by Gasteiger charge is 2.22. The number of hydrogen-bond donors (Lipinski definition) is 1. The number of hydrogen-bond acceptors (Lipinski definition) is 4. The van der Waals surface area contributed by atoms with Gasteiger partial charge in [0.25, 0.3) is 0 Å². The Kier molecular flexibility index (Phi) is 3.47. The molecule has 88 valence electrons. The second-order valence-electron chi connectivity index (χ2n) is 4.29. The molecule has 0 amide bonds. The first-order chi connectivity index (χ1) is 7.38. The average molecular weight is 223 g/mol. The van der Waals surface area contributed by atoms with Crippen molar-refractivity contribution in [1.82, 2.24) is 9.97 Å². The van der Waals surface area contributed by atoms with E-state index in [0.29, 0.717) is 5.82 Å². The quantitative estimate of drug-likeness (QED) is 0.843. The van der Waals surface area contributed by atoms with Crippen LogP contribution in [0.15, 0.2) is 12.4 Å². The lowest BCUT2D eigenvalue weighted by molar-refractivity contribution is 0.0690. The third-order valence-corrected chi connectivity index (χ3v) is 2.97. The summed E-state index contributed by atoms with van der Waals surface area (Å²) >= 11 is 0. The largest absolute Gasteiger partial charge is 0.476 e. The summed E-state index contributed by atoms with van der Waals surface area (Å²) in [5, 5.41) is 8.70. The summed E-state index contributed by atoms with van der Waals surface area (Å²) in [6.45, 7) is 6.29. The zero-order chi connectivity index (χ0) is 12.3. The lowest BCUT2D eigenvalue weighted by Crippen LogP contribution is -2.41. The number of anilines is 1. The third kappa shape index (κ3) is 2.48. The van der Waals surface area contributed by atoms with Crippen LogP contribution in [0.25, 0.3) is 0 Å². The van der Waals surface area contributed by atoms with Gasteiger partial charge in [0, 0.05) is 12.6 Å². The van der Waals surface area contributed by atoms with Gasteiger partial charge < -0.3 is 10.0 Å². The van der Waals surface area contributed by atoms with Gasteiger partial charge in [-0.1, -0.05) is 6.92 Å². The van der Waals surface area contributed by atoms with Crippen LogP contribution >= 0.6 is 0 Å². The van der Waals surface area contributed by atoms with Crippen LogP contribution in [0, 0.1) is 0 Å². The normalized spacial score (nSPS) is 11.2. The number of carbonyl (C=O) groups is 1. The Hall–Kier alpha value is -1.65. The van der Waals surface area contributed by atoms with Crippen LogP contribution in [0.5, 0.6) is 0 Å². The Morgan fingerprint density at radius 3 is 2.44 bits per heavy atom. The van der Waals surface area contributed by atoms with E-state index < -0.39 is 5.97 Å². The standard InChI is InChI=1S/C11H17N3O2/c1-5-11(2,3)14(4)9-7-12-8(6-13-9)10(15)16/h6-7H,5H2,1-4H3,(H,15,16). The summed E-state index contributed by atoms with van der Waals surface area (Å²) in [6.07, 6.45) is 3.73. The van der Waals surface area contributed by atoms with Crippen LogP contribution in [0.1, 0.15) is 37.7 Å². The third-order valence-electron chi connectivity index (χ3n) is 2.97. The van der Waals surface area contributed by atoms with Crippen molar-refractivity contribution in [3.63, 3.8) is 0 Å². The summed E-state index contributed by atoms with van der Waals surface area (Å²) < 4.78 is 0. The molecule has 0 aliphatic heterocycles. The Morgan fingerprint density at radius 1 is 1.44 bits per heavy atom. The van der Waals surface area contributed by atoms with Crippen molar-refractivity contribution in [1.29, 1.82) is 0 Å². The average Bonchev–Trinajstić information content (AvgIpc) is 2.28. The summed E-state index contributed by atoms with van der Waals surface area (Å²) in [7, 11) is 1.92.